The van der Waals surface area contributed by atoms with Gasteiger partial charge in [0, 0.05) is 17.5 Å². The summed E-state index contributed by atoms with van der Waals surface area (Å²) in [6.07, 6.45) is 3.12. The van der Waals surface area contributed by atoms with Crippen LogP contribution in [0.1, 0.15) is 40.1 Å². The van der Waals surface area contributed by atoms with Crippen LogP contribution >= 0.6 is 11.3 Å². The van der Waals surface area contributed by atoms with Crippen LogP contribution in [0.4, 0.5) is 5.13 Å². The SMILES string of the molecule is COc1ccc(C(=O)Nc2nc(C(=O)N3CCCCC3N(C)C)cs2)cc1OC. The summed E-state index contributed by atoms with van der Waals surface area (Å²) >= 11 is 1.23. The number of benzene rings is 1. The van der Waals surface area contributed by atoms with E-state index in [0.717, 1.165) is 19.3 Å². The Morgan fingerprint density at radius 2 is 1.97 bits per heavy atom. The number of likely N-dealkylation sites (tertiary alicyclic amines) is 1. The fourth-order valence-corrected chi connectivity index (χ4v) is 4.09. The first-order valence-electron chi connectivity index (χ1n) is 9.41. The van der Waals surface area contributed by atoms with Gasteiger partial charge < -0.3 is 14.4 Å². The lowest BCUT2D eigenvalue weighted by atomic mass is 10.1. The highest BCUT2D eigenvalue weighted by atomic mass is 32.1. The van der Waals surface area contributed by atoms with Gasteiger partial charge in [0.25, 0.3) is 11.8 Å². The molecule has 1 saturated heterocycles. The van der Waals surface area contributed by atoms with Crippen molar-refractivity contribution in [3.8, 4) is 11.5 Å². The number of carbonyl (C=O) groups excluding carboxylic acids is 2. The van der Waals surface area contributed by atoms with Crippen LogP contribution in [0.2, 0.25) is 0 Å². The average molecular weight is 419 g/mol. The number of ether oxygens (including phenoxy) is 2. The number of anilines is 1. The molecule has 1 aliphatic heterocycles. The van der Waals surface area contributed by atoms with E-state index in [-0.39, 0.29) is 18.0 Å². The Bertz CT molecular complexity index is 883. The van der Waals surface area contributed by atoms with Crippen molar-refractivity contribution in [3.05, 3.63) is 34.8 Å². The lowest BCUT2D eigenvalue weighted by Gasteiger charge is -2.39. The van der Waals surface area contributed by atoms with Crippen molar-refractivity contribution in [1.82, 2.24) is 14.8 Å². The summed E-state index contributed by atoms with van der Waals surface area (Å²) in [7, 11) is 7.01. The molecule has 0 saturated carbocycles. The summed E-state index contributed by atoms with van der Waals surface area (Å²) in [6.45, 7) is 0.715. The molecule has 1 unspecified atom stereocenters. The number of carbonyl (C=O) groups is 2. The van der Waals surface area contributed by atoms with Crippen LogP contribution in [0.5, 0.6) is 11.5 Å². The topological polar surface area (TPSA) is 84.0 Å². The molecule has 0 spiro atoms. The maximum Gasteiger partial charge on any atom is 0.274 e. The summed E-state index contributed by atoms with van der Waals surface area (Å²) in [6, 6.07) is 4.91. The predicted molar refractivity (Wildman–Crippen MR) is 112 cm³/mol. The minimum Gasteiger partial charge on any atom is -0.493 e. The zero-order chi connectivity index (χ0) is 21.0. The Morgan fingerprint density at radius 1 is 1.21 bits per heavy atom. The van der Waals surface area contributed by atoms with Crippen molar-refractivity contribution in [2.45, 2.75) is 25.4 Å². The molecule has 1 atom stereocenters. The van der Waals surface area contributed by atoms with Crippen LogP contribution in [0.25, 0.3) is 0 Å². The van der Waals surface area contributed by atoms with Crippen LogP contribution in [0, 0.1) is 0 Å². The van der Waals surface area contributed by atoms with Crippen molar-refractivity contribution in [2.24, 2.45) is 0 Å². The second-order valence-corrected chi connectivity index (χ2v) is 7.86. The molecule has 9 heteroatoms. The van der Waals surface area contributed by atoms with Gasteiger partial charge in [0.2, 0.25) is 0 Å². The number of thiazole rings is 1. The zero-order valence-corrected chi connectivity index (χ0v) is 17.9. The van der Waals surface area contributed by atoms with E-state index >= 15 is 0 Å². The molecule has 0 aliphatic carbocycles. The van der Waals surface area contributed by atoms with Gasteiger partial charge in [0.15, 0.2) is 16.6 Å². The number of hydrogen-bond donors (Lipinski definition) is 1. The Kier molecular flexibility index (Phi) is 6.71. The molecule has 1 aromatic carbocycles. The quantitative estimate of drug-likeness (QED) is 0.777. The van der Waals surface area contributed by atoms with Crippen molar-refractivity contribution < 1.29 is 19.1 Å². The van der Waals surface area contributed by atoms with Gasteiger partial charge in [-0.15, -0.1) is 11.3 Å². The van der Waals surface area contributed by atoms with Crippen LogP contribution in [-0.4, -0.2) is 67.6 Å². The molecule has 156 valence electrons. The normalized spacial score (nSPS) is 16.6. The fraction of sp³-hybridized carbons (Fsp3) is 0.450. The summed E-state index contributed by atoms with van der Waals surface area (Å²) in [5.74, 6) is 0.577. The fourth-order valence-electron chi connectivity index (χ4n) is 3.41. The van der Waals surface area contributed by atoms with E-state index in [1.54, 1.807) is 23.6 Å². The maximum absolute atomic E-state index is 12.9. The highest BCUT2D eigenvalue weighted by Crippen LogP contribution is 2.28. The Hall–Kier alpha value is -2.65. The van der Waals surface area contributed by atoms with Gasteiger partial charge in [0.1, 0.15) is 5.69 Å². The summed E-state index contributed by atoms with van der Waals surface area (Å²) in [5.41, 5.74) is 0.765. The molecule has 2 heterocycles. The Balaban J connectivity index is 1.71. The van der Waals surface area contributed by atoms with Gasteiger partial charge in [-0.1, -0.05) is 0 Å². The molecule has 1 aromatic heterocycles. The predicted octanol–water partition coefficient (Wildman–Crippen LogP) is 2.93. The number of hydrogen-bond acceptors (Lipinski definition) is 7. The van der Waals surface area contributed by atoms with E-state index in [9.17, 15) is 9.59 Å². The third kappa shape index (κ3) is 4.68. The second kappa shape index (κ2) is 9.23. The van der Waals surface area contributed by atoms with E-state index in [0.29, 0.717) is 34.4 Å². The zero-order valence-electron chi connectivity index (χ0n) is 17.1. The third-order valence-corrected chi connectivity index (χ3v) is 5.68. The summed E-state index contributed by atoms with van der Waals surface area (Å²) in [5, 5.41) is 4.82. The molecule has 1 fully saturated rings. The molecule has 3 rings (SSSR count). The van der Waals surface area contributed by atoms with Gasteiger partial charge in [-0.25, -0.2) is 4.98 Å². The van der Waals surface area contributed by atoms with E-state index in [1.807, 2.05) is 19.0 Å². The van der Waals surface area contributed by atoms with E-state index < -0.39 is 0 Å². The number of nitrogens with one attached hydrogen (secondary N) is 1. The highest BCUT2D eigenvalue weighted by molar-refractivity contribution is 7.14. The largest absolute Gasteiger partial charge is 0.493 e. The number of nitrogens with zero attached hydrogens (tertiary/aromatic N) is 3. The third-order valence-electron chi connectivity index (χ3n) is 4.92. The Morgan fingerprint density at radius 3 is 2.66 bits per heavy atom. The van der Waals surface area contributed by atoms with Gasteiger partial charge in [0.05, 0.1) is 20.4 Å². The molecule has 8 nitrogen and oxygen atoms in total. The molecule has 1 N–H and O–H groups in total. The smallest absolute Gasteiger partial charge is 0.274 e. The standard InChI is InChI=1S/C20H26N4O4S/c1-23(2)17-7-5-6-10-24(17)19(26)14-12-29-20(21-14)22-18(25)13-8-9-15(27-3)16(11-13)28-4/h8-9,11-12,17H,5-7,10H2,1-4H3,(H,21,22,25). The van der Waals surface area contributed by atoms with E-state index in [2.05, 4.69) is 15.2 Å². The van der Waals surface area contributed by atoms with Gasteiger partial charge in [-0.05, 0) is 51.6 Å². The second-order valence-electron chi connectivity index (χ2n) is 7.00. The first-order valence-corrected chi connectivity index (χ1v) is 10.3. The first-order chi connectivity index (χ1) is 13.9. The van der Waals surface area contributed by atoms with E-state index in [1.165, 1.54) is 25.6 Å². The molecule has 0 bridgehead atoms. The molecular weight excluding hydrogens is 392 g/mol. The molecular formula is C20H26N4O4S. The van der Waals surface area contributed by atoms with Crippen LogP contribution in [0.15, 0.2) is 23.6 Å². The van der Waals surface area contributed by atoms with Gasteiger partial charge in [-0.3, -0.25) is 19.8 Å². The first kappa shape index (κ1) is 21.1. The van der Waals surface area contributed by atoms with Crippen molar-refractivity contribution >= 4 is 28.3 Å². The minimum atomic E-state index is -0.330. The molecule has 1 aliphatic rings. The number of aromatic nitrogens is 1. The molecule has 2 aromatic rings. The lowest BCUT2D eigenvalue weighted by molar-refractivity contribution is 0.0311. The Labute approximate surface area is 174 Å². The van der Waals surface area contributed by atoms with Gasteiger partial charge >= 0.3 is 0 Å². The summed E-state index contributed by atoms with van der Waals surface area (Å²) < 4.78 is 10.4. The van der Waals surface area contributed by atoms with Crippen LogP contribution < -0.4 is 14.8 Å². The van der Waals surface area contributed by atoms with Crippen molar-refractivity contribution in [3.63, 3.8) is 0 Å². The summed E-state index contributed by atoms with van der Waals surface area (Å²) in [4.78, 5) is 33.8. The van der Waals surface area contributed by atoms with Crippen LogP contribution in [-0.2, 0) is 0 Å². The van der Waals surface area contributed by atoms with Gasteiger partial charge in [-0.2, -0.15) is 0 Å². The minimum absolute atomic E-state index is 0.0720. The molecule has 29 heavy (non-hydrogen) atoms. The molecule has 0 radical (unpaired) electrons. The number of methoxy groups -OCH3 is 2. The number of piperidine rings is 1. The van der Waals surface area contributed by atoms with Crippen molar-refractivity contribution in [1.29, 1.82) is 0 Å². The number of amides is 2. The number of rotatable bonds is 6. The monoisotopic (exact) mass is 418 g/mol. The average Bonchev–Trinajstić information content (AvgIpc) is 3.20. The lowest BCUT2D eigenvalue weighted by Crippen LogP contribution is -2.50. The van der Waals surface area contributed by atoms with Crippen LogP contribution in [0.3, 0.4) is 0 Å². The van der Waals surface area contributed by atoms with E-state index in [4.69, 9.17) is 9.47 Å². The molecule has 2 amide bonds. The highest BCUT2D eigenvalue weighted by Gasteiger charge is 2.30. The van der Waals surface area contributed by atoms with Crippen molar-refractivity contribution in [2.75, 3.05) is 40.2 Å². The maximum atomic E-state index is 12.9.